The lowest BCUT2D eigenvalue weighted by molar-refractivity contribution is 0.131. The van der Waals surface area contributed by atoms with Crippen LogP contribution in [0.2, 0.25) is 0 Å². The predicted octanol–water partition coefficient (Wildman–Crippen LogP) is 1.64. The summed E-state index contributed by atoms with van der Waals surface area (Å²) in [7, 11) is 0. The summed E-state index contributed by atoms with van der Waals surface area (Å²) in [5.41, 5.74) is 0. The lowest BCUT2D eigenvalue weighted by Crippen LogP contribution is -2.06. The molecule has 0 aromatic rings. The molecule has 1 unspecified atom stereocenters. The van der Waals surface area contributed by atoms with Crippen molar-refractivity contribution in [2.24, 2.45) is 0 Å². The van der Waals surface area contributed by atoms with E-state index in [1.807, 2.05) is 12.2 Å². The molecule has 12 heavy (non-hydrogen) atoms. The van der Waals surface area contributed by atoms with Crippen molar-refractivity contribution in [2.45, 2.75) is 31.8 Å². The summed E-state index contributed by atoms with van der Waals surface area (Å²) < 4.78 is 0. The molecule has 0 bridgehead atoms. The van der Waals surface area contributed by atoms with Crippen LogP contribution in [0.25, 0.3) is 0 Å². The van der Waals surface area contributed by atoms with Crippen LogP contribution in [0.1, 0.15) is 25.7 Å². The third-order valence-electron chi connectivity index (χ3n) is 1.57. The molecule has 2 N–H and O–H groups in total. The van der Waals surface area contributed by atoms with Crippen molar-refractivity contribution < 1.29 is 10.2 Å². The summed E-state index contributed by atoms with van der Waals surface area (Å²) in [4.78, 5) is 0. The molecule has 0 saturated carbocycles. The highest BCUT2D eigenvalue weighted by Crippen LogP contribution is 2.01. The van der Waals surface area contributed by atoms with Gasteiger partial charge in [0.1, 0.15) is 0 Å². The molecule has 2 nitrogen and oxygen atoms in total. The van der Waals surface area contributed by atoms with Crippen molar-refractivity contribution in [2.75, 3.05) is 6.61 Å². The average molecular weight is 170 g/mol. The van der Waals surface area contributed by atoms with Gasteiger partial charge in [-0.2, -0.15) is 0 Å². The standard InChI is InChI=1S/C10H18O2/c1-2-3-4-5-6-7-8-10(12)9-11/h2,7-8,10-12H,1,3-6,9H2/b8-7+. The maximum absolute atomic E-state index is 8.91. The predicted molar refractivity (Wildman–Crippen MR) is 50.9 cm³/mol. The fraction of sp³-hybridized carbons (Fsp3) is 0.600. The minimum Gasteiger partial charge on any atom is -0.393 e. The van der Waals surface area contributed by atoms with Crippen molar-refractivity contribution in [1.82, 2.24) is 0 Å². The minimum absolute atomic E-state index is 0.191. The fourth-order valence-electron chi connectivity index (χ4n) is 0.865. The topological polar surface area (TPSA) is 40.5 Å². The van der Waals surface area contributed by atoms with Crippen LogP contribution in [0.15, 0.2) is 24.8 Å². The molecule has 1 atom stereocenters. The molecule has 0 aliphatic rings. The maximum Gasteiger partial charge on any atom is 0.0951 e. The third kappa shape index (κ3) is 7.51. The third-order valence-corrected chi connectivity index (χ3v) is 1.57. The quantitative estimate of drug-likeness (QED) is 0.450. The van der Waals surface area contributed by atoms with Crippen molar-refractivity contribution in [3.8, 4) is 0 Å². The summed E-state index contributed by atoms with van der Waals surface area (Å²) >= 11 is 0. The lowest BCUT2D eigenvalue weighted by atomic mass is 10.2. The van der Waals surface area contributed by atoms with Crippen LogP contribution in [-0.4, -0.2) is 22.9 Å². The summed E-state index contributed by atoms with van der Waals surface area (Å²) in [6, 6.07) is 0. The SMILES string of the molecule is C=CCCCC/C=C/C(O)CO. The second-order valence-corrected chi connectivity index (χ2v) is 2.75. The Morgan fingerprint density at radius 3 is 2.50 bits per heavy atom. The Labute approximate surface area is 74.2 Å². The van der Waals surface area contributed by atoms with Gasteiger partial charge < -0.3 is 10.2 Å². The first kappa shape index (κ1) is 11.4. The molecule has 0 rings (SSSR count). The van der Waals surface area contributed by atoms with E-state index in [0.717, 1.165) is 25.7 Å². The van der Waals surface area contributed by atoms with Crippen molar-refractivity contribution >= 4 is 0 Å². The zero-order valence-electron chi connectivity index (χ0n) is 7.45. The van der Waals surface area contributed by atoms with Crippen LogP contribution in [0, 0.1) is 0 Å². The second kappa shape index (κ2) is 8.50. The molecule has 0 aliphatic heterocycles. The van der Waals surface area contributed by atoms with E-state index < -0.39 is 6.10 Å². The highest BCUT2D eigenvalue weighted by molar-refractivity contribution is 4.88. The van der Waals surface area contributed by atoms with Gasteiger partial charge in [-0.25, -0.2) is 0 Å². The summed E-state index contributed by atoms with van der Waals surface area (Å²) in [6.45, 7) is 3.44. The monoisotopic (exact) mass is 170 g/mol. The van der Waals surface area contributed by atoms with E-state index in [0.29, 0.717) is 0 Å². The Balaban J connectivity index is 3.18. The molecular weight excluding hydrogens is 152 g/mol. The number of aliphatic hydroxyl groups excluding tert-OH is 2. The Bertz CT molecular complexity index is 130. The Kier molecular flexibility index (Phi) is 8.07. The Morgan fingerprint density at radius 2 is 1.92 bits per heavy atom. The smallest absolute Gasteiger partial charge is 0.0951 e. The molecule has 0 fully saturated rings. The first-order valence-corrected chi connectivity index (χ1v) is 4.37. The molecule has 0 heterocycles. The van der Waals surface area contributed by atoms with E-state index in [-0.39, 0.29) is 6.61 Å². The first-order valence-electron chi connectivity index (χ1n) is 4.37. The highest BCUT2D eigenvalue weighted by atomic mass is 16.3. The van der Waals surface area contributed by atoms with Crippen LogP contribution >= 0.6 is 0 Å². The molecule has 2 heteroatoms. The van der Waals surface area contributed by atoms with Gasteiger partial charge in [0, 0.05) is 0 Å². The van der Waals surface area contributed by atoms with Gasteiger partial charge in [0.15, 0.2) is 0 Å². The zero-order valence-corrected chi connectivity index (χ0v) is 7.45. The van der Waals surface area contributed by atoms with Crippen LogP contribution in [0.3, 0.4) is 0 Å². The van der Waals surface area contributed by atoms with E-state index >= 15 is 0 Å². The number of allylic oxidation sites excluding steroid dienone is 2. The van der Waals surface area contributed by atoms with Crippen LogP contribution in [0.5, 0.6) is 0 Å². The Hall–Kier alpha value is -0.600. The van der Waals surface area contributed by atoms with Gasteiger partial charge in [-0.1, -0.05) is 18.2 Å². The number of rotatable bonds is 7. The van der Waals surface area contributed by atoms with Crippen molar-refractivity contribution in [1.29, 1.82) is 0 Å². The summed E-state index contributed by atoms with van der Waals surface area (Å²) in [6.07, 6.45) is 9.03. The number of unbranched alkanes of at least 4 members (excludes halogenated alkanes) is 3. The van der Waals surface area contributed by atoms with Crippen molar-refractivity contribution in [3.63, 3.8) is 0 Å². The van der Waals surface area contributed by atoms with Gasteiger partial charge >= 0.3 is 0 Å². The lowest BCUT2D eigenvalue weighted by Gasteiger charge is -1.97. The number of aliphatic hydroxyl groups is 2. The largest absolute Gasteiger partial charge is 0.393 e. The first-order chi connectivity index (χ1) is 5.81. The van der Waals surface area contributed by atoms with E-state index in [2.05, 4.69) is 6.58 Å². The molecule has 0 aromatic carbocycles. The molecule has 0 aromatic heterocycles. The average Bonchev–Trinajstić information content (AvgIpc) is 2.10. The molecule has 70 valence electrons. The van der Waals surface area contributed by atoms with Gasteiger partial charge in [-0.05, 0) is 25.7 Å². The van der Waals surface area contributed by atoms with Gasteiger partial charge in [0.25, 0.3) is 0 Å². The zero-order chi connectivity index (χ0) is 9.23. The second-order valence-electron chi connectivity index (χ2n) is 2.75. The molecule has 0 saturated heterocycles. The van der Waals surface area contributed by atoms with Gasteiger partial charge in [-0.15, -0.1) is 6.58 Å². The Morgan fingerprint density at radius 1 is 1.25 bits per heavy atom. The van der Waals surface area contributed by atoms with E-state index in [1.165, 1.54) is 0 Å². The minimum atomic E-state index is -0.690. The van der Waals surface area contributed by atoms with E-state index in [9.17, 15) is 0 Å². The van der Waals surface area contributed by atoms with E-state index in [1.54, 1.807) is 6.08 Å². The van der Waals surface area contributed by atoms with Crippen molar-refractivity contribution in [3.05, 3.63) is 24.8 Å². The van der Waals surface area contributed by atoms with Crippen LogP contribution < -0.4 is 0 Å². The highest BCUT2D eigenvalue weighted by Gasteiger charge is 1.92. The molecule has 0 aliphatic carbocycles. The van der Waals surface area contributed by atoms with E-state index in [4.69, 9.17) is 10.2 Å². The summed E-state index contributed by atoms with van der Waals surface area (Å²) in [5.74, 6) is 0. The molecule has 0 amide bonds. The number of hydrogen-bond acceptors (Lipinski definition) is 2. The van der Waals surface area contributed by atoms with Gasteiger partial charge in [0.05, 0.1) is 12.7 Å². The van der Waals surface area contributed by atoms with Crippen LogP contribution in [0.4, 0.5) is 0 Å². The number of hydrogen-bond donors (Lipinski definition) is 2. The van der Waals surface area contributed by atoms with Crippen LogP contribution in [-0.2, 0) is 0 Å². The fourth-order valence-corrected chi connectivity index (χ4v) is 0.865. The van der Waals surface area contributed by atoms with Gasteiger partial charge in [-0.3, -0.25) is 0 Å². The molecular formula is C10H18O2. The summed E-state index contributed by atoms with van der Waals surface area (Å²) in [5, 5.41) is 17.4. The normalized spacial score (nSPS) is 13.5. The van der Waals surface area contributed by atoms with Gasteiger partial charge in [0.2, 0.25) is 0 Å². The maximum atomic E-state index is 8.91. The molecule has 0 radical (unpaired) electrons. The molecule has 0 spiro atoms.